The van der Waals surface area contributed by atoms with E-state index in [0.29, 0.717) is 0 Å². The fourth-order valence-electron chi connectivity index (χ4n) is 1.85. The summed E-state index contributed by atoms with van der Waals surface area (Å²) in [6, 6.07) is 16.5. The van der Waals surface area contributed by atoms with E-state index in [1.807, 2.05) is 24.3 Å². The van der Waals surface area contributed by atoms with Crippen LogP contribution in [0.3, 0.4) is 0 Å². The number of rotatable bonds is 0. The Morgan fingerprint density at radius 2 is 0.812 bits per heavy atom. The lowest BCUT2D eigenvalue weighted by Crippen LogP contribution is -2.36. The van der Waals surface area contributed by atoms with Gasteiger partial charge in [0.05, 0.1) is 14.5 Å². The predicted octanol–water partition coefficient (Wildman–Crippen LogP) is 3.17. The molecule has 2 aromatic carbocycles. The molecule has 0 saturated heterocycles. The molecule has 4 heteroatoms. The Morgan fingerprint density at radius 1 is 0.562 bits per heavy atom. The quantitative estimate of drug-likeness (QED) is 0.652. The number of benzene rings is 2. The Bertz CT molecular complexity index is 447. The molecule has 0 radical (unpaired) electrons. The van der Waals surface area contributed by atoms with Crippen LogP contribution in [-0.4, -0.2) is 0 Å². The van der Waals surface area contributed by atoms with Crippen LogP contribution in [0, 0.1) is 0 Å². The standard InChI is InChI=1S/C12H8Cl2P2/c13-15-9-5-1-2-6-10(9)16(14)12-8-4-3-7-11(12)15/h1-8H. The average molecular weight is 285 g/mol. The molecule has 80 valence electrons. The van der Waals surface area contributed by atoms with E-state index in [0.717, 1.165) is 0 Å². The number of hydrogen-bond acceptors (Lipinski definition) is 0. The third kappa shape index (κ3) is 1.60. The zero-order valence-corrected chi connectivity index (χ0v) is 11.6. The van der Waals surface area contributed by atoms with E-state index in [-0.39, 0.29) is 0 Å². The van der Waals surface area contributed by atoms with E-state index in [1.165, 1.54) is 21.2 Å². The second-order valence-electron chi connectivity index (χ2n) is 3.54. The van der Waals surface area contributed by atoms with E-state index >= 15 is 0 Å². The molecule has 0 fully saturated rings. The van der Waals surface area contributed by atoms with E-state index in [4.69, 9.17) is 22.5 Å². The van der Waals surface area contributed by atoms with E-state index in [9.17, 15) is 0 Å². The minimum Gasteiger partial charge on any atom is -0.0858 e. The maximum absolute atomic E-state index is 6.56. The molecule has 1 aliphatic heterocycles. The molecule has 0 bridgehead atoms. The van der Waals surface area contributed by atoms with Crippen LogP contribution in [0.5, 0.6) is 0 Å². The molecule has 1 heterocycles. The van der Waals surface area contributed by atoms with Gasteiger partial charge in [-0.2, -0.15) is 0 Å². The normalized spacial score (nSPS) is 22.4. The van der Waals surface area contributed by atoms with Crippen LogP contribution in [0.1, 0.15) is 0 Å². The Kier molecular flexibility index (Phi) is 2.94. The first-order valence-electron chi connectivity index (χ1n) is 4.89. The van der Waals surface area contributed by atoms with Crippen LogP contribution in [0.4, 0.5) is 0 Å². The van der Waals surface area contributed by atoms with Crippen molar-refractivity contribution in [3.63, 3.8) is 0 Å². The van der Waals surface area contributed by atoms with Gasteiger partial charge in [0.1, 0.15) is 0 Å². The largest absolute Gasteiger partial charge is 0.0858 e. The van der Waals surface area contributed by atoms with Crippen molar-refractivity contribution < 1.29 is 0 Å². The molecule has 2 aromatic rings. The number of halogens is 2. The third-order valence-corrected chi connectivity index (χ3v) is 8.40. The van der Waals surface area contributed by atoms with Crippen molar-refractivity contribution in [3.05, 3.63) is 48.5 Å². The fraction of sp³-hybridized carbons (Fsp3) is 0. The minimum atomic E-state index is -0.746. The van der Waals surface area contributed by atoms with Gasteiger partial charge in [0, 0.05) is 21.2 Å². The predicted molar refractivity (Wildman–Crippen MR) is 77.0 cm³/mol. The molecule has 0 saturated carbocycles. The van der Waals surface area contributed by atoms with Crippen molar-refractivity contribution in [1.82, 2.24) is 0 Å². The summed E-state index contributed by atoms with van der Waals surface area (Å²) < 4.78 is 0. The molecular weight excluding hydrogens is 277 g/mol. The lowest BCUT2D eigenvalue weighted by molar-refractivity contribution is 1.80. The minimum absolute atomic E-state index is 0.746. The van der Waals surface area contributed by atoms with Gasteiger partial charge in [0.25, 0.3) is 0 Å². The lowest BCUT2D eigenvalue weighted by Gasteiger charge is -2.27. The zero-order chi connectivity index (χ0) is 11.1. The van der Waals surface area contributed by atoms with Gasteiger partial charge in [-0.3, -0.25) is 0 Å². The third-order valence-electron chi connectivity index (χ3n) is 2.61. The Hall–Kier alpha value is -0.120. The fourth-order valence-corrected chi connectivity index (χ4v) is 8.02. The van der Waals surface area contributed by atoms with Gasteiger partial charge >= 0.3 is 0 Å². The second-order valence-corrected chi connectivity index (χ2v) is 8.62. The lowest BCUT2D eigenvalue weighted by atomic mass is 10.3. The van der Waals surface area contributed by atoms with Crippen molar-refractivity contribution in [2.24, 2.45) is 0 Å². The summed E-state index contributed by atoms with van der Waals surface area (Å²) in [6.07, 6.45) is 0. The highest BCUT2D eigenvalue weighted by Crippen LogP contribution is 2.50. The van der Waals surface area contributed by atoms with Gasteiger partial charge in [0.15, 0.2) is 0 Å². The Morgan fingerprint density at radius 3 is 1.06 bits per heavy atom. The summed E-state index contributed by atoms with van der Waals surface area (Å²) in [4.78, 5) is 0. The van der Waals surface area contributed by atoms with E-state index in [2.05, 4.69) is 24.3 Å². The summed E-state index contributed by atoms with van der Waals surface area (Å²) in [7, 11) is -1.49. The topological polar surface area (TPSA) is 0 Å². The molecule has 0 amide bonds. The Labute approximate surface area is 107 Å². The maximum Gasteiger partial charge on any atom is 0.0538 e. The summed E-state index contributed by atoms with van der Waals surface area (Å²) in [6.45, 7) is 0. The first-order valence-corrected chi connectivity index (χ1v) is 9.38. The van der Waals surface area contributed by atoms with Crippen molar-refractivity contribution in [3.8, 4) is 0 Å². The number of fused-ring (bicyclic) bond motifs is 2. The molecule has 0 aliphatic carbocycles. The number of hydrogen-bond donors (Lipinski definition) is 0. The monoisotopic (exact) mass is 284 g/mol. The van der Waals surface area contributed by atoms with Crippen molar-refractivity contribution in [2.75, 3.05) is 0 Å². The van der Waals surface area contributed by atoms with Crippen LogP contribution in [0.2, 0.25) is 0 Å². The summed E-state index contributed by atoms with van der Waals surface area (Å²) >= 11 is 13.1. The molecule has 0 unspecified atom stereocenters. The smallest absolute Gasteiger partial charge is 0.0538 e. The molecule has 3 rings (SSSR count). The van der Waals surface area contributed by atoms with Gasteiger partial charge in [-0.05, 0) is 0 Å². The molecular formula is C12H8Cl2P2. The Balaban J connectivity index is 2.26. The van der Waals surface area contributed by atoms with Gasteiger partial charge in [0.2, 0.25) is 0 Å². The van der Waals surface area contributed by atoms with Crippen LogP contribution < -0.4 is 21.2 Å². The highest BCUT2D eigenvalue weighted by molar-refractivity contribution is 8.04. The molecule has 0 atom stereocenters. The highest BCUT2D eigenvalue weighted by Gasteiger charge is 2.29. The van der Waals surface area contributed by atoms with Gasteiger partial charge in [-0.1, -0.05) is 71.0 Å². The molecule has 0 spiro atoms. The SMILES string of the molecule is ClP1c2ccccc2P(Cl)c2ccccc21. The first-order chi connectivity index (χ1) is 7.79. The highest BCUT2D eigenvalue weighted by atomic mass is 35.7. The van der Waals surface area contributed by atoms with E-state index in [1.54, 1.807) is 0 Å². The van der Waals surface area contributed by atoms with Gasteiger partial charge < -0.3 is 0 Å². The van der Waals surface area contributed by atoms with Crippen molar-refractivity contribution in [2.45, 2.75) is 0 Å². The van der Waals surface area contributed by atoms with Crippen LogP contribution in [-0.2, 0) is 0 Å². The summed E-state index contributed by atoms with van der Waals surface area (Å²) in [5.74, 6) is 0. The van der Waals surface area contributed by atoms with Crippen LogP contribution in [0.15, 0.2) is 48.5 Å². The van der Waals surface area contributed by atoms with Gasteiger partial charge in [-0.15, -0.1) is 0 Å². The van der Waals surface area contributed by atoms with Crippen molar-refractivity contribution >= 4 is 58.2 Å². The van der Waals surface area contributed by atoms with Crippen LogP contribution in [0.25, 0.3) is 0 Å². The molecule has 0 aromatic heterocycles. The van der Waals surface area contributed by atoms with Crippen molar-refractivity contribution in [1.29, 1.82) is 0 Å². The van der Waals surface area contributed by atoms with E-state index < -0.39 is 14.5 Å². The molecule has 0 N–H and O–H groups in total. The zero-order valence-electron chi connectivity index (χ0n) is 8.27. The summed E-state index contributed by atoms with van der Waals surface area (Å²) in [5, 5.41) is 4.89. The van der Waals surface area contributed by atoms with Gasteiger partial charge in [-0.25, -0.2) is 0 Å². The summed E-state index contributed by atoms with van der Waals surface area (Å²) in [5.41, 5.74) is 0. The molecule has 1 aliphatic rings. The first kappa shape index (κ1) is 11.0. The maximum atomic E-state index is 6.56. The van der Waals surface area contributed by atoms with Crippen LogP contribution >= 0.6 is 37.0 Å². The second kappa shape index (κ2) is 4.28. The molecule has 16 heavy (non-hydrogen) atoms. The molecule has 0 nitrogen and oxygen atoms in total. The average Bonchev–Trinajstić information content (AvgIpc) is 2.36.